The Morgan fingerprint density at radius 1 is 1.09 bits per heavy atom. The van der Waals surface area contributed by atoms with E-state index >= 15 is 0 Å². The van der Waals surface area contributed by atoms with Gasteiger partial charge in [-0.2, -0.15) is 0 Å². The number of carbonyl (C=O) groups is 1. The molecule has 0 spiro atoms. The van der Waals surface area contributed by atoms with Crippen LogP contribution in [0.2, 0.25) is 0 Å². The molecule has 0 radical (unpaired) electrons. The minimum absolute atomic E-state index is 0.157. The molecule has 1 fully saturated rings. The van der Waals surface area contributed by atoms with Crippen molar-refractivity contribution in [2.75, 3.05) is 17.3 Å². The number of aryl methyl sites for hydroxylation is 1. The summed E-state index contributed by atoms with van der Waals surface area (Å²) in [5, 5.41) is 7.03. The van der Waals surface area contributed by atoms with Gasteiger partial charge < -0.3 is 20.1 Å². The van der Waals surface area contributed by atoms with Gasteiger partial charge in [0.25, 0.3) is 0 Å². The summed E-state index contributed by atoms with van der Waals surface area (Å²) in [4.78, 5) is 15.7. The van der Waals surface area contributed by atoms with Gasteiger partial charge >= 0.3 is 0 Å². The number of nitrogens with one attached hydrogen (secondary N) is 2. The highest BCUT2D eigenvalue weighted by Gasteiger charge is 2.59. The third kappa shape index (κ3) is 3.49. The predicted octanol–water partition coefficient (Wildman–Crippen LogP) is 4.80. The Morgan fingerprint density at radius 2 is 1.79 bits per heavy atom. The van der Waals surface area contributed by atoms with E-state index in [2.05, 4.69) is 10.6 Å². The minimum Gasteiger partial charge on any atom is -0.497 e. The number of hydrogen-bond acceptors (Lipinski definition) is 4. The van der Waals surface area contributed by atoms with Gasteiger partial charge in [-0.25, -0.2) is 0 Å². The predicted molar refractivity (Wildman–Crippen MR) is 133 cm³/mol. The SMILES string of the molecule is COc1ccc(NC(=O)[C@@H]2[C@H]3NC(=S)N(c4ccccc4C)[C@]2(C)Oc2ccccc23)cc1. The number of benzene rings is 3. The normalized spacial score (nSPS) is 23.1. The van der Waals surface area contributed by atoms with Crippen LogP contribution in [0, 0.1) is 12.8 Å². The summed E-state index contributed by atoms with van der Waals surface area (Å²) in [6, 6.07) is 22.7. The number of rotatable bonds is 4. The largest absolute Gasteiger partial charge is 0.497 e. The molecule has 0 aromatic heterocycles. The van der Waals surface area contributed by atoms with Crippen molar-refractivity contribution in [3.8, 4) is 11.5 Å². The third-order valence-corrected chi connectivity index (χ3v) is 6.70. The van der Waals surface area contributed by atoms with Gasteiger partial charge in [0.1, 0.15) is 17.4 Å². The lowest BCUT2D eigenvalue weighted by atomic mass is 9.78. The van der Waals surface area contributed by atoms with Crippen molar-refractivity contribution in [2.24, 2.45) is 5.92 Å². The summed E-state index contributed by atoms with van der Waals surface area (Å²) in [6.45, 7) is 3.96. The molecule has 1 amide bonds. The standard InChI is InChI=1S/C26H25N3O3S/c1-16-8-4-6-10-20(16)29-25(33)28-23-19-9-5-7-11-21(19)32-26(29,2)22(23)24(30)27-17-12-14-18(31-3)15-13-17/h4-15,22-23H,1-3H3,(H,27,30)(H,28,33)/t22-,23-,26+/m0/s1. The zero-order valence-electron chi connectivity index (χ0n) is 18.7. The molecule has 7 heteroatoms. The molecule has 1 saturated heterocycles. The van der Waals surface area contributed by atoms with E-state index < -0.39 is 11.6 Å². The monoisotopic (exact) mass is 459 g/mol. The van der Waals surface area contributed by atoms with Crippen molar-refractivity contribution in [1.82, 2.24) is 5.32 Å². The van der Waals surface area contributed by atoms with Gasteiger partial charge in [-0.05, 0) is 68.0 Å². The highest BCUT2D eigenvalue weighted by atomic mass is 32.1. The van der Waals surface area contributed by atoms with Gasteiger partial charge in [0.05, 0.1) is 13.2 Å². The van der Waals surface area contributed by atoms with Crippen LogP contribution in [-0.2, 0) is 4.79 Å². The summed E-state index contributed by atoms with van der Waals surface area (Å²) < 4.78 is 11.8. The van der Waals surface area contributed by atoms with Crippen LogP contribution >= 0.6 is 12.2 Å². The highest BCUT2D eigenvalue weighted by molar-refractivity contribution is 7.80. The van der Waals surface area contributed by atoms with E-state index in [1.807, 2.05) is 91.5 Å². The first kappa shape index (κ1) is 21.3. The number of anilines is 2. The number of thiocarbonyl (C=S) groups is 1. The average Bonchev–Trinajstić information content (AvgIpc) is 2.80. The number of nitrogens with zero attached hydrogens (tertiary/aromatic N) is 1. The molecule has 3 aromatic rings. The van der Waals surface area contributed by atoms with Gasteiger partial charge in [-0.15, -0.1) is 0 Å². The number of amides is 1. The smallest absolute Gasteiger partial charge is 0.236 e. The molecule has 3 atom stereocenters. The molecule has 6 nitrogen and oxygen atoms in total. The summed E-state index contributed by atoms with van der Waals surface area (Å²) in [5.41, 5.74) is 2.50. The second kappa shape index (κ2) is 8.08. The van der Waals surface area contributed by atoms with Gasteiger partial charge in [-0.1, -0.05) is 36.4 Å². The Kier molecular flexibility index (Phi) is 5.21. The van der Waals surface area contributed by atoms with E-state index in [0.29, 0.717) is 10.8 Å². The first-order valence-electron chi connectivity index (χ1n) is 10.8. The summed E-state index contributed by atoms with van der Waals surface area (Å²) in [7, 11) is 1.61. The summed E-state index contributed by atoms with van der Waals surface area (Å²) >= 11 is 5.81. The Balaban J connectivity index is 1.60. The van der Waals surface area contributed by atoms with E-state index in [0.717, 1.165) is 28.3 Å². The van der Waals surface area contributed by atoms with Crippen molar-refractivity contribution in [3.05, 3.63) is 83.9 Å². The molecule has 3 aromatic carbocycles. The van der Waals surface area contributed by atoms with Crippen LogP contribution in [0.25, 0.3) is 0 Å². The van der Waals surface area contributed by atoms with Crippen LogP contribution in [-0.4, -0.2) is 23.9 Å². The number of fused-ring (bicyclic) bond motifs is 4. The fourth-order valence-electron chi connectivity index (χ4n) is 4.80. The molecular weight excluding hydrogens is 434 g/mol. The highest BCUT2D eigenvalue weighted by Crippen LogP contribution is 2.50. The first-order valence-corrected chi connectivity index (χ1v) is 11.2. The van der Waals surface area contributed by atoms with Gasteiger partial charge in [0.15, 0.2) is 10.8 Å². The Bertz CT molecular complexity index is 1230. The van der Waals surface area contributed by atoms with Crippen molar-refractivity contribution in [1.29, 1.82) is 0 Å². The molecule has 0 aliphatic carbocycles. The lowest BCUT2D eigenvalue weighted by molar-refractivity contribution is -0.130. The van der Waals surface area contributed by atoms with Crippen molar-refractivity contribution in [2.45, 2.75) is 25.6 Å². The van der Waals surface area contributed by atoms with Crippen LogP contribution in [0.15, 0.2) is 72.8 Å². The number of ether oxygens (including phenoxy) is 2. The van der Waals surface area contributed by atoms with Gasteiger partial charge in [-0.3, -0.25) is 9.69 Å². The van der Waals surface area contributed by atoms with E-state index in [9.17, 15) is 4.79 Å². The maximum atomic E-state index is 13.8. The molecule has 2 heterocycles. The second-order valence-corrected chi connectivity index (χ2v) is 8.83. The topological polar surface area (TPSA) is 62.8 Å². The lowest BCUT2D eigenvalue weighted by Gasteiger charge is -2.56. The first-order chi connectivity index (χ1) is 15.9. The Labute approximate surface area is 198 Å². The van der Waals surface area contributed by atoms with Gasteiger partial charge in [0.2, 0.25) is 5.91 Å². The minimum atomic E-state index is -1.04. The van der Waals surface area contributed by atoms with Crippen molar-refractivity contribution < 1.29 is 14.3 Å². The van der Waals surface area contributed by atoms with Crippen LogP contribution in [0.3, 0.4) is 0 Å². The number of carbonyl (C=O) groups excluding carboxylic acids is 1. The van der Waals surface area contributed by atoms with Crippen LogP contribution < -0.4 is 25.0 Å². The average molecular weight is 460 g/mol. The van der Waals surface area contributed by atoms with E-state index in [4.69, 9.17) is 21.7 Å². The third-order valence-electron chi connectivity index (χ3n) is 6.40. The number of methoxy groups -OCH3 is 1. The van der Waals surface area contributed by atoms with Crippen molar-refractivity contribution >= 4 is 34.6 Å². The van der Waals surface area contributed by atoms with Gasteiger partial charge in [0, 0.05) is 16.9 Å². The molecule has 2 bridgehead atoms. The Hall–Kier alpha value is -3.58. The molecule has 168 valence electrons. The maximum absolute atomic E-state index is 13.8. The fraction of sp³-hybridized carbons (Fsp3) is 0.231. The van der Waals surface area contributed by atoms with E-state index in [-0.39, 0.29) is 11.9 Å². The zero-order chi connectivity index (χ0) is 23.2. The number of hydrogen-bond donors (Lipinski definition) is 2. The van der Waals surface area contributed by atoms with Crippen molar-refractivity contribution in [3.63, 3.8) is 0 Å². The molecule has 2 aliphatic rings. The van der Waals surface area contributed by atoms with E-state index in [1.165, 1.54) is 0 Å². The molecular formula is C26H25N3O3S. The lowest BCUT2D eigenvalue weighted by Crippen LogP contribution is -2.72. The number of para-hydroxylation sites is 2. The van der Waals surface area contributed by atoms with Crippen LogP contribution in [0.5, 0.6) is 11.5 Å². The summed E-state index contributed by atoms with van der Waals surface area (Å²) in [5.74, 6) is 0.730. The molecule has 0 unspecified atom stereocenters. The second-order valence-electron chi connectivity index (χ2n) is 8.44. The molecule has 33 heavy (non-hydrogen) atoms. The Morgan fingerprint density at radius 3 is 2.52 bits per heavy atom. The zero-order valence-corrected chi connectivity index (χ0v) is 19.5. The summed E-state index contributed by atoms with van der Waals surface area (Å²) in [6.07, 6.45) is 0. The molecule has 0 saturated carbocycles. The molecule has 5 rings (SSSR count). The maximum Gasteiger partial charge on any atom is 0.236 e. The van der Waals surface area contributed by atoms with Crippen LogP contribution in [0.1, 0.15) is 24.1 Å². The van der Waals surface area contributed by atoms with Crippen LogP contribution in [0.4, 0.5) is 11.4 Å². The van der Waals surface area contributed by atoms with E-state index in [1.54, 1.807) is 7.11 Å². The fourth-order valence-corrected chi connectivity index (χ4v) is 5.21. The quantitative estimate of drug-likeness (QED) is 0.547. The molecule has 2 N–H and O–H groups in total. The molecule has 2 aliphatic heterocycles.